The second kappa shape index (κ2) is 7.61. The molecule has 3 aromatic rings. The van der Waals surface area contributed by atoms with Crippen LogP contribution in [-0.2, 0) is 6.54 Å². The number of aryl methyl sites for hydroxylation is 1. The molecule has 26 heavy (non-hydrogen) atoms. The number of anilines is 1. The lowest BCUT2D eigenvalue weighted by atomic mass is 10.1. The van der Waals surface area contributed by atoms with Gasteiger partial charge in [-0.05, 0) is 44.0 Å². The van der Waals surface area contributed by atoms with Crippen LogP contribution in [-0.4, -0.2) is 44.3 Å². The molecule has 0 spiro atoms. The quantitative estimate of drug-likeness (QED) is 0.761. The van der Waals surface area contributed by atoms with E-state index in [-0.39, 0.29) is 0 Å². The largest absolute Gasteiger partial charge is 0.354 e. The van der Waals surface area contributed by atoms with Crippen LogP contribution in [0.4, 0.5) is 5.82 Å². The average molecular weight is 349 g/mol. The number of hydrogen-bond donors (Lipinski definition) is 1. The van der Waals surface area contributed by atoms with Crippen molar-refractivity contribution in [3.8, 4) is 5.69 Å². The average Bonchev–Trinajstić information content (AvgIpc) is 3.17. The number of hydrogen-bond acceptors (Lipinski definition) is 6. The molecule has 1 fully saturated rings. The fourth-order valence-electron chi connectivity index (χ4n) is 3.22. The van der Waals surface area contributed by atoms with Crippen molar-refractivity contribution in [2.45, 2.75) is 32.4 Å². The second-order valence-corrected chi connectivity index (χ2v) is 6.66. The number of rotatable bonds is 5. The molecule has 0 saturated carbocycles. The van der Waals surface area contributed by atoms with Gasteiger partial charge in [-0.1, -0.05) is 18.2 Å². The third kappa shape index (κ3) is 3.88. The molecule has 1 aromatic carbocycles. The van der Waals surface area contributed by atoms with Crippen LogP contribution >= 0.6 is 0 Å². The number of para-hydroxylation sites is 1. The van der Waals surface area contributed by atoms with Crippen molar-refractivity contribution in [3.05, 3.63) is 60.0 Å². The molecule has 0 aliphatic carbocycles. The standard InChI is InChI=1S/C19H23N7/c1-15-9-10-19(23-22-15)25-11-5-6-16(14-25)20-12-17-13-21-26(24-17)18-7-3-2-4-8-18/h2-4,7-10,13,16,20H,5-6,11-12,14H2,1H3. The first-order chi connectivity index (χ1) is 12.8. The molecule has 7 nitrogen and oxygen atoms in total. The van der Waals surface area contributed by atoms with Crippen LogP contribution in [0.15, 0.2) is 48.7 Å². The first kappa shape index (κ1) is 16.7. The summed E-state index contributed by atoms with van der Waals surface area (Å²) in [6, 6.07) is 14.4. The highest BCUT2D eigenvalue weighted by Crippen LogP contribution is 2.17. The van der Waals surface area contributed by atoms with Crippen LogP contribution < -0.4 is 10.2 Å². The summed E-state index contributed by atoms with van der Waals surface area (Å²) in [7, 11) is 0. The van der Waals surface area contributed by atoms with Gasteiger partial charge in [0.25, 0.3) is 0 Å². The molecule has 1 unspecified atom stereocenters. The zero-order valence-electron chi connectivity index (χ0n) is 14.9. The van der Waals surface area contributed by atoms with Crippen LogP contribution in [0.5, 0.6) is 0 Å². The molecule has 1 saturated heterocycles. The number of nitrogens with zero attached hydrogens (tertiary/aromatic N) is 6. The summed E-state index contributed by atoms with van der Waals surface area (Å²) in [5.41, 5.74) is 2.86. The Balaban J connectivity index is 1.34. The van der Waals surface area contributed by atoms with E-state index in [1.165, 1.54) is 0 Å². The minimum absolute atomic E-state index is 0.411. The van der Waals surface area contributed by atoms with Gasteiger partial charge in [0, 0.05) is 25.7 Å². The molecular formula is C19H23N7. The molecule has 1 aliphatic rings. The fraction of sp³-hybridized carbons (Fsp3) is 0.368. The van der Waals surface area contributed by atoms with Crippen LogP contribution in [0, 0.1) is 6.92 Å². The molecule has 2 aromatic heterocycles. The lowest BCUT2D eigenvalue weighted by Crippen LogP contribution is -2.45. The predicted octanol–water partition coefficient (Wildman–Crippen LogP) is 2.12. The van der Waals surface area contributed by atoms with Crippen molar-refractivity contribution >= 4 is 5.82 Å². The van der Waals surface area contributed by atoms with Crippen molar-refractivity contribution in [1.29, 1.82) is 0 Å². The highest BCUT2D eigenvalue weighted by molar-refractivity contribution is 5.38. The first-order valence-corrected chi connectivity index (χ1v) is 9.03. The van der Waals surface area contributed by atoms with Crippen LogP contribution in [0.2, 0.25) is 0 Å². The summed E-state index contributed by atoms with van der Waals surface area (Å²) in [6.07, 6.45) is 4.12. The van der Waals surface area contributed by atoms with E-state index < -0.39 is 0 Å². The lowest BCUT2D eigenvalue weighted by Gasteiger charge is -2.33. The van der Waals surface area contributed by atoms with Crippen molar-refractivity contribution in [2.75, 3.05) is 18.0 Å². The zero-order valence-corrected chi connectivity index (χ0v) is 14.9. The van der Waals surface area contributed by atoms with Gasteiger partial charge in [-0.2, -0.15) is 20.1 Å². The molecule has 7 heteroatoms. The third-order valence-corrected chi connectivity index (χ3v) is 4.63. The Morgan fingerprint density at radius 1 is 1.12 bits per heavy atom. The molecule has 1 N–H and O–H groups in total. The maximum Gasteiger partial charge on any atom is 0.151 e. The number of benzene rings is 1. The normalized spacial score (nSPS) is 17.4. The van der Waals surface area contributed by atoms with Crippen molar-refractivity contribution in [2.24, 2.45) is 0 Å². The third-order valence-electron chi connectivity index (χ3n) is 4.63. The molecule has 134 valence electrons. The molecule has 3 heterocycles. The fourth-order valence-corrected chi connectivity index (χ4v) is 3.22. The molecule has 4 rings (SSSR count). The first-order valence-electron chi connectivity index (χ1n) is 9.03. The van der Waals surface area contributed by atoms with E-state index in [1.54, 1.807) is 4.80 Å². The maximum atomic E-state index is 4.56. The molecule has 0 amide bonds. The second-order valence-electron chi connectivity index (χ2n) is 6.66. The van der Waals surface area contributed by atoms with Gasteiger partial charge >= 0.3 is 0 Å². The number of aromatic nitrogens is 5. The van der Waals surface area contributed by atoms with Gasteiger partial charge in [-0.3, -0.25) is 0 Å². The maximum absolute atomic E-state index is 4.56. The molecule has 1 aliphatic heterocycles. The smallest absolute Gasteiger partial charge is 0.151 e. The van der Waals surface area contributed by atoms with E-state index >= 15 is 0 Å². The SMILES string of the molecule is Cc1ccc(N2CCCC(NCc3cnn(-c4ccccc4)n3)C2)nn1. The minimum atomic E-state index is 0.411. The van der Waals surface area contributed by atoms with E-state index in [9.17, 15) is 0 Å². The molecule has 0 bridgehead atoms. The highest BCUT2D eigenvalue weighted by atomic mass is 15.5. The Kier molecular flexibility index (Phi) is 4.88. The molecular weight excluding hydrogens is 326 g/mol. The number of nitrogens with one attached hydrogen (secondary N) is 1. The highest BCUT2D eigenvalue weighted by Gasteiger charge is 2.21. The van der Waals surface area contributed by atoms with Crippen molar-refractivity contribution in [3.63, 3.8) is 0 Å². The Morgan fingerprint density at radius 2 is 2.00 bits per heavy atom. The Bertz CT molecular complexity index is 829. The van der Waals surface area contributed by atoms with E-state index in [2.05, 4.69) is 36.7 Å². The summed E-state index contributed by atoms with van der Waals surface area (Å²) in [5, 5.41) is 21.0. The summed E-state index contributed by atoms with van der Waals surface area (Å²) in [6.45, 7) is 4.63. The van der Waals surface area contributed by atoms with Gasteiger partial charge in [-0.15, -0.1) is 5.10 Å². The monoisotopic (exact) mass is 349 g/mol. The van der Waals surface area contributed by atoms with E-state index in [0.29, 0.717) is 12.6 Å². The van der Waals surface area contributed by atoms with Crippen LogP contribution in [0.3, 0.4) is 0 Å². The van der Waals surface area contributed by atoms with Gasteiger partial charge < -0.3 is 10.2 Å². The van der Waals surface area contributed by atoms with Gasteiger partial charge in [0.1, 0.15) is 0 Å². The van der Waals surface area contributed by atoms with Crippen molar-refractivity contribution in [1.82, 2.24) is 30.5 Å². The van der Waals surface area contributed by atoms with E-state index in [4.69, 9.17) is 0 Å². The molecule has 0 radical (unpaired) electrons. The van der Waals surface area contributed by atoms with Crippen molar-refractivity contribution < 1.29 is 0 Å². The Hall–Kier alpha value is -2.80. The van der Waals surface area contributed by atoms with Gasteiger partial charge in [0.2, 0.25) is 0 Å². The van der Waals surface area contributed by atoms with Gasteiger partial charge in [0.05, 0.1) is 23.3 Å². The zero-order chi connectivity index (χ0) is 17.8. The molecule has 1 atom stereocenters. The number of piperidine rings is 1. The van der Waals surface area contributed by atoms with E-state index in [0.717, 1.165) is 48.8 Å². The summed E-state index contributed by atoms with van der Waals surface area (Å²) in [4.78, 5) is 3.97. The Morgan fingerprint density at radius 3 is 2.81 bits per heavy atom. The summed E-state index contributed by atoms with van der Waals surface area (Å²) < 4.78 is 0. The van der Waals surface area contributed by atoms with Gasteiger partial charge in [0.15, 0.2) is 5.82 Å². The van der Waals surface area contributed by atoms with Crippen LogP contribution in [0.1, 0.15) is 24.2 Å². The van der Waals surface area contributed by atoms with Crippen LogP contribution in [0.25, 0.3) is 5.69 Å². The van der Waals surface area contributed by atoms with E-state index in [1.807, 2.05) is 49.5 Å². The summed E-state index contributed by atoms with van der Waals surface area (Å²) in [5.74, 6) is 0.956. The topological polar surface area (TPSA) is 71.8 Å². The predicted molar refractivity (Wildman–Crippen MR) is 100 cm³/mol. The Labute approximate surface area is 153 Å². The minimum Gasteiger partial charge on any atom is -0.354 e. The summed E-state index contributed by atoms with van der Waals surface area (Å²) >= 11 is 0. The van der Waals surface area contributed by atoms with Gasteiger partial charge in [-0.25, -0.2) is 0 Å². The lowest BCUT2D eigenvalue weighted by molar-refractivity contribution is 0.417.